The zero-order valence-corrected chi connectivity index (χ0v) is 19.3. The summed E-state index contributed by atoms with van der Waals surface area (Å²) in [5.41, 5.74) is 2.40. The number of amides is 2. The first-order valence-electron chi connectivity index (χ1n) is 10.6. The van der Waals surface area contributed by atoms with Gasteiger partial charge in [0.2, 0.25) is 5.91 Å². The minimum absolute atomic E-state index is 0.186. The molecule has 1 atom stereocenters. The smallest absolute Gasteiger partial charge is 0.261 e. The van der Waals surface area contributed by atoms with Crippen LogP contribution >= 0.6 is 0 Å². The van der Waals surface area contributed by atoms with Gasteiger partial charge < -0.3 is 15.0 Å². The molecule has 0 bridgehead atoms. The number of aryl methyl sites for hydroxylation is 2. The van der Waals surface area contributed by atoms with Crippen LogP contribution in [0.25, 0.3) is 0 Å². The van der Waals surface area contributed by atoms with E-state index in [1.165, 1.54) is 17.0 Å². The maximum absolute atomic E-state index is 13.3. The quantitative estimate of drug-likeness (QED) is 0.671. The molecule has 2 amide bonds. The molecular formula is C25H33FN2O3. The van der Waals surface area contributed by atoms with E-state index >= 15 is 0 Å². The highest BCUT2D eigenvalue weighted by Crippen LogP contribution is 2.18. The van der Waals surface area contributed by atoms with Gasteiger partial charge in [0.1, 0.15) is 17.6 Å². The highest BCUT2D eigenvalue weighted by atomic mass is 19.1. The Kier molecular flexibility index (Phi) is 8.20. The van der Waals surface area contributed by atoms with Crippen molar-refractivity contribution in [1.82, 2.24) is 10.2 Å². The number of rotatable bonds is 8. The molecule has 0 radical (unpaired) electrons. The van der Waals surface area contributed by atoms with Crippen LogP contribution in [0.3, 0.4) is 0 Å². The Bertz CT molecular complexity index is 884. The maximum Gasteiger partial charge on any atom is 0.261 e. The summed E-state index contributed by atoms with van der Waals surface area (Å²) in [4.78, 5) is 27.6. The lowest BCUT2D eigenvalue weighted by molar-refractivity contribution is -0.143. The lowest BCUT2D eigenvalue weighted by Crippen LogP contribution is -2.54. The van der Waals surface area contributed by atoms with Gasteiger partial charge >= 0.3 is 0 Å². The molecule has 5 nitrogen and oxygen atoms in total. The minimum Gasteiger partial charge on any atom is -0.484 e. The Morgan fingerprint density at radius 3 is 2.16 bits per heavy atom. The number of carbonyl (C=O) groups excluding carboxylic acids is 2. The molecule has 2 rings (SSSR count). The van der Waals surface area contributed by atoms with Gasteiger partial charge in [-0.15, -0.1) is 0 Å². The Morgan fingerprint density at radius 1 is 1.06 bits per heavy atom. The zero-order chi connectivity index (χ0) is 23.2. The summed E-state index contributed by atoms with van der Waals surface area (Å²) in [6.07, 6.45) is 0.443. The number of ether oxygens (including phenoxy) is 1. The molecule has 0 aliphatic carbocycles. The van der Waals surface area contributed by atoms with E-state index < -0.39 is 11.6 Å². The summed E-state index contributed by atoms with van der Waals surface area (Å²) in [5.74, 6) is -0.270. The summed E-state index contributed by atoms with van der Waals surface area (Å²) in [5, 5.41) is 2.96. The van der Waals surface area contributed by atoms with Gasteiger partial charge in [0, 0.05) is 12.1 Å². The molecular weight excluding hydrogens is 395 g/mol. The van der Waals surface area contributed by atoms with Crippen molar-refractivity contribution in [1.29, 1.82) is 0 Å². The summed E-state index contributed by atoms with van der Waals surface area (Å²) in [6.45, 7) is 11.5. The van der Waals surface area contributed by atoms with Crippen LogP contribution in [0.5, 0.6) is 5.75 Å². The third-order valence-corrected chi connectivity index (χ3v) is 4.71. The minimum atomic E-state index is -0.667. The molecule has 0 saturated heterocycles. The molecule has 0 fully saturated rings. The van der Waals surface area contributed by atoms with Gasteiger partial charge in [-0.05, 0) is 82.0 Å². The van der Waals surface area contributed by atoms with Crippen molar-refractivity contribution in [3.8, 4) is 5.75 Å². The molecule has 6 heteroatoms. The van der Waals surface area contributed by atoms with Gasteiger partial charge in [-0.3, -0.25) is 9.59 Å². The van der Waals surface area contributed by atoms with Crippen LogP contribution in [-0.4, -0.2) is 34.9 Å². The van der Waals surface area contributed by atoms with E-state index in [1.54, 1.807) is 12.1 Å². The van der Waals surface area contributed by atoms with Crippen molar-refractivity contribution >= 4 is 11.8 Å². The summed E-state index contributed by atoms with van der Waals surface area (Å²) in [6, 6.07) is 11.0. The van der Waals surface area contributed by atoms with Gasteiger partial charge in [-0.1, -0.05) is 25.1 Å². The number of nitrogens with zero attached hydrogens (tertiary/aromatic N) is 1. The molecule has 31 heavy (non-hydrogen) atoms. The average molecular weight is 429 g/mol. The normalized spacial score (nSPS) is 12.2. The lowest BCUT2D eigenvalue weighted by atomic mass is 10.1. The van der Waals surface area contributed by atoms with E-state index in [-0.39, 0.29) is 30.8 Å². The van der Waals surface area contributed by atoms with Gasteiger partial charge in [0.05, 0.1) is 0 Å². The molecule has 168 valence electrons. The Balaban J connectivity index is 2.24. The Labute approximate surface area is 184 Å². The molecule has 2 aromatic rings. The van der Waals surface area contributed by atoms with Crippen molar-refractivity contribution < 1.29 is 18.7 Å². The number of hydrogen-bond acceptors (Lipinski definition) is 3. The van der Waals surface area contributed by atoms with Gasteiger partial charge in [0.15, 0.2) is 6.61 Å². The van der Waals surface area contributed by atoms with Crippen molar-refractivity contribution in [2.45, 2.75) is 66.1 Å². The summed E-state index contributed by atoms with van der Waals surface area (Å²) in [7, 11) is 0. The fourth-order valence-corrected chi connectivity index (χ4v) is 3.40. The largest absolute Gasteiger partial charge is 0.484 e. The first-order valence-corrected chi connectivity index (χ1v) is 10.6. The molecule has 0 unspecified atom stereocenters. The van der Waals surface area contributed by atoms with Crippen molar-refractivity contribution in [3.63, 3.8) is 0 Å². The SMILES string of the molecule is CC[C@H](C(=O)NC(C)(C)C)N(Cc1ccc(F)cc1)C(=O)COc1cc(C)cc(C)c1. The van der Waals surface area contributed by atoms with E-state index in [4.69, 9.17) is 4.74 Å². The van der Waals surface area contributed by atoms with E-state index in [0.717, 1.165) is 16.7 Å². The second-order valence-corrected chi connectivity index (χ2v) is 8.92. The van der Waals surface area contributed by atoms with Crippen LogP contribution < -0.4 is 10.1 Å². The molecule has 0 aliphatic rings. The van der Waals surface area contributed by atoms with Crippen LogP contribution in [0.4, 0.5) is 4.39 Å². The van der Waals surface area contributed by atoms with Crippen LogP contribution in [0.2, 0.25) is 0 Å². The predicted octanol–water partition coefficient (Wildman–Crippen LogP) is 4.54. The van der Waals surface area contributed by atoms with E-state index in [9.17, 15) is 14.0 Å². The van der Waals surface area contributed by atoms with Crippen molar-refractivity contribution in [3.05, 3.63) is 65.0 Å². The average Bonchev–Trinajstić information content (AvgIpc) is 2.65. The molecule has 0 aliphatic heterocycles. The summed E-state index contributed by atoms with van der Waals surface area (Å²) >= 11 is 0. The summed E-state index contributed by atoms with van der Waals surface area (Å²) < 4.78 is 19.1. The lowest BCUT2D eigenvalue weighted by Gasteiger charge is -2.33. The van der Waals surface area contributed by atoms with Crippen LogP contribution in [0.15, 0.2) is 42.5 Å². The Morgan fingerprint density at radius 2 is 1.65 bits per heavy atom. The second kappa shape index (κ2) is 10.4. The predicted molar refractivity (Wildman–Crippen MR) is 120 cm³/mol. The van der Waals surface area contributed by atoms with E-state index in [2.05, 4.69) is 5.32 Å². The molecule has 0 saturated carbocycles. The third kappa shape index (κ3) is 7.70. The third-order valence-electron chi connectivity index (χ3n) is 4.71. The van der Waals surface area contributed by atoms with Gasteiger partial charge in [-0.25, -0.2) is 4.39 Å². The number of benzene rings is 2. The molecule has 2 aromatic carbocycles. The number of halogens is 1. The monoisotopic (exact) mass is 428 g/mol. The van der Waals surface area contributed by atoms with Crippen LogP contribution in [-0.2, 0) is 16.1 Å². The Hall–Kier alpha value is -2.89. The highest BCUT2D eigenvalue weighted by molar-refractivity contribution is 5.88. The van der Waals surface area contributed by atoms with Crippen molar-refractivity contribution in [2.75, 3.05) is 6.61 Å². The van der Waals surface area contributed by atoms with Crippen LogP contribution in [0, 0.1) is 19.7 Å². The van der Waals surface area contributed by atoms with E-state index in [1.807, 2.05) is 59.7 Å². The molecule has 0 heterocycles. The molecule has 1 N–H and O–H groups in total. The first-order chi connectivity index (χ1) is 14.5. The molecule has 0 spiro atoms. The first kappa shape index (κ1) is 24.4. The van der Waals surface area contributed by atoms with Gasteiger partial charge in [0.25, 0.3) is 5.91 Å². The van der Waals surface area contributed by atoms with Crippen LogP contribution in [0.1, 0.15) is 50.8 Å². The topological polar surface area (TPSA) is 58.6 Å². The maximum atomic E-state index is 13.3. The fourth-order valence-electron chi connectivity index (χ4n) is 3.40. The standard InChI is InChI=1S/C25H33FN2O3/c1-7-22(24(30)27-25(4,5)6)28(15-19-8-10-20(26)11-9-19)23(29)16-31-21-13-17(2)12-18(3)14-21/h8-14,22H,7,15-16H2,1-6H3,(H,27,30)/t22-/m1/s1. The fraction of sp³-hybridized carbons (Fsp3) is 0.440. The van der Waals surface area contributed by atoms with Gasteiger partial charge in [-0.2, -0.15) is 0 Å². The number of carbonyl (C=O) groups is 2. The zero-order valence-electron chi connectivity index (χ0n) is 19.3. The molecule has 0 aromatic heterocycles. The highest BCUT2D eigenvalue weighted by Gasteiger charge is 2.30. The van der Waals surface area contributed by atoms with E-state index in [0.29, 0.717) is 12.2 Å². The number of hydrogen-bond donors (Lipinski definition) is 1. The van der Waals surface area contributed by atoms with Crippen molar-refractivity contribution in [2.24, 2.45) is 0 Å². The second-order valence-electron chi connectivity index (χ2n) is 8.92. The number of nitrogens with one attached hydrogen (secondary N) is 1.